The molecule has 1 unspecified atom stereocenters. The standard InChI is InChI=1S/C15H20N4O4S/c1-4-13(15(20)17-14-9-10(2)23-18-14)16-11-5-7-12(8-6-11)19-24(3,21)22/h5-9,13,16,19H,4H2,1-3H3,(H,17,18,20). The lowest BCUT2D eigenvalue weighted by Gasteiger charge is -2.17. The molecule has 0 aliphatic rings. The van der Waals surface area contributed by atoms with Crippen LogP contribution in [0, 0.1) is 6.92 Å². The number of aryl methyl sites for hydroxylation is 1. The van der Waals surface area contributed by atoms with E-state index >= 15 is 0 Å². The van der Waals surface area contributed by atoms with Gasteiger partial charge in [-0.15, -0.1) is 0 Å². The van der Waals surface area contributed by atoms with Gasteiger partial charge in [-0.05, 0) is 37.6 Å². The number of nitrogens with one attached hydrogen (secondary N) is 3. The summed E-state index contributed by atoms with van der Waals surface area (Å²) in [5.41, 5.74) is 1.16. The third-order valence-electron chi connectivity index (χ3n) is 3.13. The molecule has 0 aliphatic heterocycles. The van der Waals surface area contributed by atoms with E-state index in [1.54, 1.807) is 37.3 Å². The Hall–Kier alpha value is -2.55. The summed E-state index contributed by atoms with van der Waals surface area (Å²) < 4.78 is 29.7. The van der Waals surface area contributed by atoms with E-state index in [2.05, 4.69) is 20.5 Å². The predicted octanol–water partition coefficient (Wildman–Crippen LogP) is 2.18. The number of aromatic nitrogens is 1. The van der Waals surface area contributed by atoms with E-state index in [4.69, 9.17) is 4.52 Å². The molecule has 3 N–H and O–H groups in total. The zero-order chi connectivity index (χ0) is 17.7. The van der Waals surface area contributed by atoms with E-state index in [1.165, 1.54) is 0 Å². The highest BCUT2D eigenvalue weighted by molar-refractivity contribution is 7.92. The molecule has 1 heterocycles. The smallest absolute Gasteiger partial charge is 0.248 e. The minimum absolute atomic E-state index is 0.232. The van der Waals surface area contributed by atoms with Gasteiger partial charge in [0, 0.05) is 17.4 Å². The number of anilines is 3. The van der Waals surface area contributed by atoms with E-state index in [0.29, 0.717) is 29.4 Å². The summed E-state index contributed by atoms with van der Waals surface area (Å²) in [5, 5.41) is 9.50. The number of rotatable bonds is 7. The van der Waals surface area contributed by atoms with Crippen LogP contribution >= 0.6 is 0 Å². The highest BCUT2D eigenvalue weighted by Crippen LogP contribution is 2.17. The highest BCUT2D eigenvalue weighted by atomic mass is 32.2. The minimum Gasteiger partial charge on any atom is -0.374 e. The summed E-state index contributed by atoms with van der Waals surface area (Å²) in [5.74, 6) is 0.745. The van der Waals surface area contributed by atoms with Gasteiger partial charge in [-0.1, -0.05) is 12.1 Å². The molecule has 130 valence electrons. The van der Waals surface area contributed by atoms with Crippen molar-refractivity contribution < 1.29 is 17.7 Å². The normalized spacial score (nSPS) is 12.5. The zero-order valence-electron chi connectivity index (χ0n) is 13.7. The van der Waals surface area contributed by atoms with Crippen LogP contribution in [0.25, 0.3) is 0 Å². The van der Waals surface area contributed by atoms with Crippen LogP contribution in [0.5, 0.6) is 0 Å². The molecule has 1 amide bonds. The third kappa shape index (κ3) is 5.27. The van der Waals surface area contributed by atoms with Crippen molar-refractivity contribution in [2.45, 2.75) is 26.3 Å². The van der Waals surface area contributed by atoms with Crippen molar-refractivity contribution in [1.29, 1.82) is 0 Å². The first kappa shape index (κ1) is 17.8. The van der Waals surface area contributed by atoms with E-state index in [9.17, 15) is 13.2 Å². The third-order valence-corrected chi connectivity index (χ3v) is 3.74. The fourth-order valence-electron chi connectivity index (χ4n) is 2.04. The van der Waals surface area contributed by atoms with Crippen LogP contribution in [0.2, 0.25) is 0 Å². The van der Waals surface area contributed by atoms with Gasteiger partial charge in [0.15, 0.2) is 5.82 Å². The lowest BCUT2D eigenvalue weighted by Crippen LogP contribution is -2.34. The van der Waals surface area contributed by atoms with Gasteiger partial charge in [0.05, 0.1) is 6.26 Å². The number of nitrogens with zero attached hydrogens (tertiary/aromatic N) is 1. The van der Waals surface area contributed by atoms with Crippen LogP contribution in [0.1, 0.15) is 19.1 Å². The maximum atomic E-state index is 12.3. The zero-order valence-corrected chi connectivity index (χ0v) is 14.5. The highest BCUT2D eigenvalue weighted by Gasteiger charge is 2.17. The topological polar surface area (TPSA) is 113 Å². The number of carbonyl (C=O) groups excluding carboxylic acids is 1. The van der Waals surface area contributed by atoms with Crippen LogP contribution in [0.15, 0.2) is 34.9 Å². The summed E-state index contributed by atoms with van der Waals surface area (Å²) in [6.45, 7) is 3.62. The van der Waals surface area contributed by atoms with E-state index < -0.39 is 16.1 Å². The molecule has 1 aromatic carbocycles. The SMILES string of the molecule is CCC(Nc1ccc(NS(C)(=O)=O)cc1)C(=O)Nc1cc(C)on1. The van der Waals surface area contributed by atoms with Crippen molar-refractivity contribution in [3.05, 3.63) is 36.1 Å². The predicted molar refractivity (Wildman–Crippen MR) is 92.5 cm³/mol. The monoisotopic (exact) mass is 352 g/mol. The van der Waals surface area contributed by atoms with Gasteiger partial charge in [0.1, 0.15) is 11.8 Å². The van der Waals surface area contributed by atoms with Gasteiger partial charge < -0.3 is 15.2 Å². The molecule has 0 aliphatic carbocycles. The summed E-state index contributed by atoms with van der Waals surface area (Å²) in [7, 11) is -3.31. The molecule has 0 bridgehead atoms. The Balaban J connectivity index is 2.00. The van der Waals surface area contributed by atoms with Crippen molar-refractivity contribution in [1.82, 2.24) is 5.16 Å². The van der Waals surface area contributed by atoms with Crippen LogP contribution in [-0.4, -0.2) is 31.8 Å². The Morgan fingerprint density at radius 3 is 2.38 bits per heavy atom. The fraction of sp³-hybridized carbons (Fsp3) is 0.333. The van der Waals surface area contributed by atoms with Crippen molar-refractivity contribution in [2.24, 2.45) is 0 Å². The molecule has 8 nitrogen and oxygen atoms in total. The molecular formula is C15H20N4O4S. The van der Waals surface area contributed by atoms with E-state index in [-0.39, 0.29) is 5.91 Å². The van der Waals surface area contributed by atoms with E-state index in [0.717, 1.165) is 6.26 Å². The Labute approximate surface area is 140 Å². The summed E-state index contributed by atoms with van der Waals surface area (Å²) in [6.07, 6.45) is 1.65. The minimum atomic E-state index is -3.31. The lowest BCUT2D eigenvalue weighted by atomic mass is 10.2. The molecule has 0 saturated heterocycles. The van der Waals surface area contributed by atoms with Crippen molar-refractivity contribution in [2.75, 3.05) is 21.6 Å². The van der Waals surface area contributed by atoms with Gasteiger partial charge in [0.25, 0.3) is 0 Å². The first-order valence-electron chi connectivity index (χ1n) is 7.35. The maximum absolute atomic E-state index is 12.3. The molecule has 0 fully saturated rings. The number of hydrogen-bond donors (Lipinski definition) is 3. The van der Waals surface area contributed by atoms with Crippen LogP contribution < -0.4 is 15.4 Å². The molecule has 9 heteroatoms. The lowest BCUT2D eigenvalue weighted by molar-refractivity contribution is -0.117. The number of sulfonamides is 1. The molecule has 1 aromatic heterocycles. The van der Waals surface area contributed by atoms with E-state index in [1.807, 2.05) is 6.92 Å². The van der Waals surface area contributed by atoms with Gasteiger partial charge in [-0.3, -0.25) is 9.52 Å². The number of amides is 1. The number of hydrogen-bond acceptors (Lipinski definition) is 6. The van der Waals surface area contributed by atoms with Gasteiger partial charge >= 0.3 is 0 Å². The number of benzene rings is 1. The quantitative estimate of drug-likeness (QED) is 0.704. The van der Waals surface area contributed by atoms with Crippen LogP contribution in [0.4, 0.5) is 17.2 Å². The Bertz CT molecular complexity index is 799. The Kier molecular flexibility index (Phi) is 5.45. The summed E-state index contributed by atoms with van der Waals surface area (Å²) in [6, 6.07) is 7.81. The van der Waals surface area contributed by atoms with Crippen molar-refractivity contribution in [3.63, 3.8) is 0 Å². The van der Waals surface area contributed by atoms with Crippen LogP contribution in [-0.2, 0) is 14.8 Å². The van der Waals surface area contributed by atoms with Crippen molar-refractivity contribution in [3.8, 4) is 0 Å². The average molecular weight is 352 g/mol. The molecule has 1 atom stereocenters. The van der Waals surface area contributed by atoms with Gasteiger partial charge in [-0.25, -0.2) is 8.42 Å². The number of carbonyl (C=O) groups is 1. The second-order valence-corrected chi connectivity index (χ2v) is 7.12. The van der Waals surface area contributed by atoms with Gasteiger partial charge in [0.2, 0.25) is 15.9 Å². The molecule has 0 spiro atoms. The molecule has 0 radical (unpaired) electrons. The first-order valence-corrected chi connectivity index (χ1v) is 9.24. The molecule has 2 rings (SSSR count). The Morgan fingerprint density at radius 1 is 1.25 bits per heavy atom. The first-order chi connectivity index (χ1) is 11.3. The molecule has 0 saturated carbocycles. The van der Waals surface area contributed by atoms with Crippen molar-refractivity contribution >= 4 is 33.1 Å². The maximum Gasteiger partial charge on any atom is 0.248 e. The van der Waals surface area contributed by atoms with Gasteiger partial charge in [-0.2, -0.15) is 0 Å². The average Bonchev–Trinajstić information content (AvgIpc) is 2.90. The molecule has 24 heavy (non-hydrogen) atoms. The molecule has 2 aromatic rings. The largest absolute Gasteiger partial charge is 0.374 e. The summed E-state index contributed by atoms with van der Waals surface area (Å²) in [4.78, 5) is 12.3. The second-order valence-electron chi connectivity index (χ2n) is 5.37. The van der Waals surface area contributed by atoms with Crippen LogP contribution in [0.3, 0.4) is 0 Å². The summed E-state index contributed by atoms with van der Waals surface area (Å²) >= 11 is 0. The second kappa shape index (κ2) is 7.35. The molecular weight excluding hydrogens is 332 g/mol. The Morgan fingerprint density at radius 2 is 1.88 bits per heavy atom. The fourth-order valence-corrected chi connectivity index (χ4v) is 2.61.